The summed E-state index contributed by atoms with van der Waals surface area (Å²) in [6.07, 6.45) is -0.344. The molecule has 1 aliphatic rings. The van der Waals surface area contributed by atoms with Crippen LogP contribution in [-0.4, -0.2) is 36.5 Å². The summed E-state index contributed by atoms with van der Waals surface area (Å²) in [7, 11) is -4.23. The minimum Gasteiger partial charge on any atom is -0.326 e. The SMILES string of the molecule is CC(=O)Nc1ccc(N2C(=O)CC(N(Cc3ccccc3Cl)S(=O)(=O)c3ccc(Cl)cc3)C2=O)cc1. The van der Waals surface area contributed by atoms with Crippen molar-refractivity contribution in [1.29, 1.82) is 0 Å². The normalized spacial score (nSPS) is 16.0. The van der Waals surface area contributed by atoms with Crippen molar-refractivity contribution in [3.05, 3.63) is 88.4 Å². The topological polar surface area (TPSA) is 104 Å². The Morgan fingerprint density at radius 1 is 1.00 bits per heavy atom. The predicted octanol–water partition coefficient (Wildman–Crippen LogP) is 4.47. The van der Waals surface area contributed by atoms with Crippen LogP contribution in [0.3, 0.4) is 0 Å². The number of imide groups is 1. The Morgan fingerprint density at radius 3 is 2.25 bits per heavy atom. The highest BCUT2D eigenvalue weighted by molar-refractivity contribution is 7.89. The van der Waals surface area contributed by atoms with E-state index >= 15 is 0 Å². The zero-order valence-corrected chi connectivity index (χ0v) is 21.3. The zero-order chi connectivity index (χ0) is 26.0. The molecule has 0 aromatic heterocycles. The number of anilines is 2. The predicted molar refractivity (Wildman–Crippen MR) is 137 cm³/mol. The number of rotatable bonds is 7. The highest BCUT2D eigenvalue weighted by Gasteiger charge is 2.47. The molecule has 0 radical (unpaired) electrons. The van der Waals surface area contributed by atoms with Gasteiger partial charge < -0.3 is 5.32 Å². The Bertz CT molecular complexity index is 1430. The first kappa shape index (κ1) is 25.8. The molecule has 0 spiro atoms. The molecule has 3 aromatic rings. The van der Waals surface area contributed by atoms with E-state index in [2.05, 4.69) is 5.32 Å². The van der Waals surface area contributed by atoms with Gasteiger partial charge in [0, 0.05) is 29.2 Å². The third kappa shape index (κ3) is 5.29. The van der Waals surface area contributed by atoms with Crippen molar-refractivity contribution in [3.63, 3.8) is 0 Å². The van der Waals surface area contributed by atoms with Gasteiger partial charge in [-0.1, -0.05) is 41.4 Å². The second-order valence-corrected chi connectivity index (χ2v) is 10.8. The molecule has 1 fully saturated rings. The van der Waals surface area contributed by atoms with Gasteiger partial charge in [-0.15, -0.1) is 0 Å². The van der Waals surface area contributed by atoms with E-state index in [0.717, 1.165) is 9.21 Å². The summed E-state index contributed by atoms with van der Waals surface area (Å²) < 4.78 is 28.4. The molecule has 0 aliphatic carbocycles. The van der Waals surface area contributed by atoms with Crippen LogP contribution in [0, 0.1) is 0 Å². The average Bonchev–Trinajstić information content (AvgIpc) is 3.12. The number of carbonyl (C=O) groups is 3. The quantitative estimate of drug-likeness (QED) is 0.441. The maximum atomic E-state index is 13.7. The van der Waals surface area contributed by atoms with Crippen LogP contribution < -0.4 is 10.2 Å². The number of sulfonamides is 1. The zero-order valence-electron chi connectivity index (χ0n) is 19.0. The molecular weight excluding hydrogens is 525 g/mol. The third-order valence-corrected chi connectivity index (χ3v) is 8.11. The first-order valence-electron chi connectivity index (χ1n) is 10.8. The van der Waals surface area contributed by atoms with Gasteiger partial charge in [0.15, 0.2) is 0 Å². The second-order valence-electron chi connectivity index (χ2n) is 8.11. The molecule has 1 aliphatic heterocycles. The number of carbonyl (C=O) groups excluding carboxylic acids is 3. The van der Waals surface area contributed by atoms with Crippen molar-refractivity contribution in [2.45, 2.75) is 30.8 Å². The Hall–Kier alpha value is -3.24. The molecule has 186 valence electrons. The van der Waals surface area contributed by atoms with Gasteiger partial charge in [0.1, 0.15) is 6.04 Å². The third-order valence-electron chi connectivity index (χ3n) is 5.62. The minimum atomic E-state index is -4.23. The van der Waals surface area contributed by atoms with Crippen molar-refractivity contribution < 1.29 is 22.8 Å². The number of hydrogen-bond acceptors (Lipinski definition) is 5. The van der Waals surface area contributed by atoms with E-state index in [9.17, 15) is 22.8 Å². The van der Waals surface area contributed by atoms with E-state index in [-0.39, 0.29) is 29.5 Å². The fourth-order valence-electron chi connectivity index (χ4n) is 3.91. The molecule has 11 heteroatoms. The van der Waals surface area contributed by atoms with Gasteiger partial charge in [0.2, 0.25) is 21.8 Å². The van der Waals surface area contributed by atoms with Gasteiger partial charge in [-0.3, -0.25) is 14.4 Å². The summed E-state index contributed by atoms with van der Waals surface area (Å²) >= 11 is 12.2. The maximum absolute atomic E-state index is 13.7. The molecular formula is C25H21Cl2N3O5S. The Kier molecular flexibility index (Phi) is 7.46. The number of nitrogens with one attached hydrogen (secondary N) is 1. The summed E-state index contributed by atoms with van der Waals surface area (Å²) in [5.74, 6) is -1.50. The maximum Gasteiger partial charge on any atom is 0.252 e. The molecule has 36 heavy (non-hydrogen) atoms. The van der Waals surface area contributed by atoms with Crippen molar-refractivity contribution in [2.24, 2.45) is 0 Å². The molecule has 1 unspecified atom stereocenters. The standard InChI is InChI=1S/C25H21Cl2N3O5S/c1-16(31)28-19-8-10-20(11-9-19)30-24(32)14-23(25(30)33)29(15-17-4-2-3-5-22(17)27)36(34,35)21-12-6-18(26)7-13-21/h2-13,23H,14-15H2,1H3,(H,28,31). The Labute approximate surface area is 218 Å². The summed E-state index contributed by atoms with van der Waals surface area (Å²) in [6, 6.07) is 17.1. The lowest BCUT2D eigenvalue weighted by molar-refractivity contribution is -0.122. The van der Waals surface area contributed by atoms with E-state index in [0.29, 0.717) is 21.3 Å². The van der Waals surface area contributed by atoms with Crippen molar-refractivity contribution >= 4 is 62.3 Å². The molecule has 8 nitrogen and oxygen atoms in total. The first-order valence-corrected chi connectivity index (χ1v) is 13.0. The average molecular weight is 546 g/mol. The lowest BCUT2D eigenvalue weighted by Gasteiger charge is -2.27. The van der Waals surface area contributed by atoms with Gasteiger partial charge >= 0.3 is 0 Å². The lowest BCUT2D eigenvalue weighted by atomic mass is 10.2. The van der Waals surface area contributed by atoms with Crippen LogP contribution in [0.2, 0.25) is 10.0 Å². The summed E-state index contributed by atoms with van der Waals surface area (Å²) in [5.41, 5.74) is 1.24. The van der Waals surface area contributed by atoms with E-state index in [1.165, 1.54) is 43.3 Å². The highest BCUT2D eigenvalue weighted by atomic mass is 35.5. The fourth-order valence-corrected chi connectivity index (χ4v) is 5.79. The number of nitrogens with zero attached hydrogens (tertiary/aromatic N) is 2. The molecule has 3 amide bonds. The monoisotopic (exact) mass is 545 g/mol. The molecule has 4 rings (SSSR count). The van der Waals surface area contributed by atoms with Crippen LogP contribution in [-0.2, 0) is 31.0 Å². The van der Waals surface area contributed by atoms with Crippen LogP contribution in [0.4, 0.5) is 11.4 Å². The van der Waals surface area contributed by atoms with Crippen LogP contribution in [0.15, 0.2) is 77.7 Å². The summed E-state index contributed by atoms with van der Waals surface area (Å²) in [5, 5.41) is 3.29. The molecule has 0 bridgehead atoms. The first-order chi connectivity index (χ1) is 17.1. The number of benzene rings is 3. The van der Waals surface area contributed by atoms with Crippen LogP contribution in [0.25, 0.3) is 0 Å². The molecule has 0 saturated carbocycles. The van der Waals surface area contributed by atoms with Gasteiger partial charge in [-0.2, -0.15) is 4.31 Å². The number of amides is 3. The van der Waals surface area contributed by atoms with Crippen LogP contribution in [0.1, 0.15) is 18.9 Å². The lowest BCUT2D eigenvalue weighted by Crippen LogP contribution is -2.45. The smallest absolute Gasteiger partial charge is 0.252 e. The molecule has 1 N–H and O–H groups in total. The molecule has 3 aromatic carbocycles. The fraction of sp³-hybridized carbons (Fsp3) is 0.160. The van der Waals surface area contributed by atoms with Crippen LogP contribution in [0.5, 0.6) is 0 Å². The van der Waals surface area contributed by atoms with Crippen molar-refractivity contribution in [2.75, 3.05) is 10.2 Å². The van der Waals surface area contributed by atoms with Gasteiger partial charge in [-0.05, 0) is 60.2 Å². The van der Waals surface area contributed by atoms with Crippen LogP contribution >= 0.6 is 23.2 Å². The molecule has 1 atom stereocenters. The number of hydrogen-bond donors (Lipinski definition) is 1. The summed E-state index contributed by atoms with van der Waals surface area (Å²) in [4.78, 5) is 38.6. The van der Waals surface area contributed by atoms with E-state index in [1.54, 1.807) is 36.4 Å². The molecule has 1 saturated heterocycles. The van der Waals surface area contributed by atoms with Gasteiger partial charge in [0.05, 0.1) is 17.0 Å². The second kappa shape index (κ2) is 10.4. The molecule has 1 heterocycles. The summed E-state index contributed by atoms with van der Waals surface area (Å²) in [6.45, 7) is 1.14. The largest absolute Gasteiger partial charge is 0.326 e. The van der Waals surface area contributed by atoms with E-state index in [4.69, 9.17) is 23.2 Å². The van der Waals surface area contributed by atoms with Gasteiger partial charge in [0.25, 0.3) is 5.91 Å². The highest BCUT2D eigenvalue weighted by Crippen LogP contribution is 2.32. The Balaban J connectivity index is 1.71. The van der Waals surface area contributed by atoms with Crippen molar-refractivity contribution in [3.8, 4) is 0 Å². The van der Waals surface area contributed by atoms with E-state index in [1.807, 2.05) is 0 Å². The number of halogens is 2. The Morgan fingerprint density at radius 2 is 1.64 bits per heavy atom. The van der Waals surface area contributed by atoms with Crippen molar-refractivity contribution in [1.82, 2.24) is 4.31 Å². The minimum absolute atomic E-state index is 0.0719. The van der Waals surface area contributed by atoms with Gasteiger partial charge in [-0.25, -0.2) is 13.3 Å². The van der Waals surface area contributed by atoms with E-state index < -0.39 is 27.9 Å².